The third-order valence-corrected chi connectivity index (χ3v) is 6.92. The summed E-state index contributed by atoms with van der Waals surface area (Å²) in [6, 6.07) is 11.9. The Labute approximate surface area is 221 Å². The zero-order valence-electron chi connectivity index (χ0n) is 21.6. The molecule has 2 aromatic rings. The Hall–Kier alpha value is -3.80. The largest absolute Gasteiger partial charge is 0.493 e. The highest BCUT2D eigenvalue weighted by Gasteiger charge is 2.39. The molecule has 2 heterocycles. The van der Waals surface area contributed by atoms with Crippen LogP contribution >= 0.6 is 0 Å². The van der Waals surface area contributed by atoms with Gasteiger partial charge in [0.2, 0.25) is 10.0 Å². The molecule has 12 heteroatoms. The predicted octanol–water partition coefficient (Wildman–Crippen LogP) is 3.72. The molecule has 0 unspecified atom stereocenters. The summed E-state index contributed by atoms with van der Waals surface area (Å²) in [6.07, 6.45) is -0.657. The molecule has 2 atom stereocenters. The average Bonchev–Trinajstić information content (AvgIpc) is 3.38. The van der Waals surface area contributed by atoms with Crippen molar-refractivity contribution < 1.29 is 37.4 Å². The first-order valence-corrected chi connectivity index (χ1v) is 14.0. The van der Waals surface area contributed by atoms with Gasteiger partial charge in [0.25, 0.3) is 5.91 Å². The van der Waals surface area contributed by atoms with E-state index in [4.69, 9.17) is 9.47 Å². The summed E-state index contributed by atoms with van der Waals surface area (Å²) in [5.41, 5.74) is 1.59. The fourth-order valence-electron chi connectivity index (χ4n) is 4.63. The fraction of sp³-hybridized carbons (Fsp3) is 0.423. The van der Waals surface area contributed by atoms with Crippen molar-refractivity contribution in [3.8, 4) is 5.75 Å². The van der Waals surface area contributed by atoms with Crippen LogP contribution in [0, 0.1) is 5.92 Å². The number of rotatable bonds is 6. The third-order valence-electron chi connectivity index (χ3n) is 6.32. The molecule has 0 bridgehead atoms. The normalized spacial score (nSPS) is 19.3. The number of carbonyl (C=O) groups is 3. The maximum atomic E-state index is 12.8. The second kappa shape index (κ2) is 10.2. The number of nitrogens with zero attached hydrogens (tertiary/aromatic N) is 2. The molecule has 11 nitrogen and oxygen atoms in total. The van der Waals surface area contributed by atoms with Crippen molar-refractivity contribution in [3.05, 3.63) is 59.2 Å². The van der Waals surface area contributed by atoms with Crippen LogP contribution in [0.15, 0.2) is 42.5 Å². The van der Waals surface area contributed by atoms with E-state index in [1.54, 1.807) is 56.0 Å². The number of ether oxygens (including phenoxy) is 2. The molecule has 204 valence electrons. The predicted molar refractivity (Wildman–Crippen MR) is 139 cm³/mol. The molecule has 2 aliphatic heterocycles. The highest BCUT2D eigenvalue weighted by molar-refractivity contribution is 7.92. The molecule has 2 N–H and O–H groups in total. The molecule has 3 amide bonds. The first kappa shape index (κ1) is 27.2. The zero-order valence-corrected chi connectivity index (χ0v) is 22.4. The van der Waals surface area contributed by atoms with Crippen LogP contribution in [0.1, 0.15) is 48.2 Å². The van der Waals surface area contributed by atoms with E-state index in [9.17, 15) is 27.9 Å². The number of carbonyl (C=O) groups excluding carboxylic acids is 2. The molecule has 0 aromatic heterocycles. The van der Waals surface area contributed by atoms with Crippen LogP contribution in [0.4, 0.5) is 15.3 Å². The van der Waals surface area contributed by atoms with Crippen LogP contribution in [0.2, 0.25) is 0 Å². The summed E-state index contributed by atoms with van der Waals surface area (Å²) < 4.78 is 37.1. The minimum atomic E-state index is -3.41. The molecule has 0 radical (unpaired) electrons. The molecule has 0 spiro atoms. The third kappa shape index (κ3) is 6.36. The van der Waals surface area contributed by atoms with Crippen LogP contribution in [-0.4, -0.2) is 73.0 Å². The summed E-state index contributed by atoms with van der Waals surface area (Å²) in [7, 11) is -3.41. The lowest BCUT2D eigenvalue weighted by molar-refractivity contribution is 0.0283. The van der Waals surface area contributed by atoms with Crippen molar-refractivity contribution in [2.45, 2.75) is 38.8 Å². The SMILES string of the molecule is CC(C)(C)OC(=O)N1C[C@H](COc2ccc3c(c2)C(=O)N(C(=O)O)C3)[C@@H](c2ccc(NS(C)(=O)=O)cc2)C1. The lowest BCUT2D eigenvalue weighted by Crippen LogP contribution is -2.35. The van der Waals surface area contributed by atoms with Gasteiger partial charge in [-0.2, -0.15) is 0 Å². The minimum Gasteiger partial charge on any atom is -0.493 e. The Morgan fingerprint density at radius 1 is 1.11 bits per heavy atom. The highest BCUT2D eigenvalue weighted by Crippen LogP contribution is 2.35. The number of sulfonamides is 1. The van der Waals surface area contributed by atoms with Crippen LogP contribution in [0.5, 0.6) is 5.75 Å². The maximum absolute atomic E-state index is 12.8. The van der Waals surface area contributed by atoms with E-state index in [0.717, 1.165) is 16.7 Å². The van der Waals surface area contributed by atoms with Gasteiger partial charge in [-0.15, -0.1) is 0 Å². The zero-order chi connectivity index (χ0) is 27.8. The van der Waals surface area contributed by atoms with Crippen LogP contribution in [0.3, 0.4) is 0 Å². The van der Waals surface area contributed by atoms with E-state index in [1.807, 2.05) is 12.1 Å². The standard InChI is InChI=1S/C26H31N3O8S/c1-26(2,3)37-25(33)28-12-18(22(14-28)16-5-8-19(9-6-16)27-38(4,34)35)15-36-20-10-7-17-13-29(24(31)32)23(30)21(17)11-20/h5-11,18,22,27H,12-15H2,1-4H3,(H,31,32)/t18-,22-/m1/s1. The fourth-order valence-corrected chi connectivity index (χ4v) is 5.20. The molecule has 2 aliphatic rings. The number of imide groups is 1. The van der Waals surface area contributed by atoms with Gasteiger partial charge in [0.1, 0.15) is 11.4 Å². The number of hydrogen-bond donors (Lipinski definition) is 2. The van der Waals surface area contributed by atoms with Gasteiger partial charge in [0.05, 0.1) is 19.4 Å². The van der Waals surface area contributed by atoms with Crippen molar-refractivity contribution in [1.82, 2.24) is 9.80 Å². The lowest BCUT2D eigenvalue weighted by Gasteiger charge is -2.24. The van der Waals surface area contributed by atoms with E-state index < -0.39 is 33.7 Å². The minimum absolute atomic E-state index is 0.00348. The summed E-state index contributed by atoms with van der Waals surface area (Å²) in [5.74, 6) is -0.411. The van der Waals surface area contributed by atoms with Crippen molar-refractivity contribution in [1.29, 1.82) is 0 Å². The Morgan fingerprint density at radius 2 is 1.79 bits per heavy atom. The van der Waals surface area contributed by atoms with Gasteiger partial charge in [0, 0.05) is 36.2 Å². The number of amides is 3. The summed E-state index contributed by atoms with van der Waals surface area (Å²) >= 11 is 0. The van der Waals surface area contributed by atoms with Crippen LogP contribution in [-0.2, 0) is 21.3 Å². The number of carboxylic acid groups (broad SMARTS) is 1. The first-order valence-electron chi connectivity index (χ1n) is 12.1. The number of hydrogen-bond acceptors (Lipinski definition) is 7. The van der Waals surface area contributed by atoms with Gasteiger partial charge < -0.3 is 19.5 Å². The lowest BCUT2D eigenvalue weighted by atomic mass is 9.89. The second-order valence-electron chi connectivity index (χ2n) is 10.6. The van der Waals surface area contributed by atoms with Crippen molar-refractivity contribution in [2.24, 2.45) is 5.92 Å². The monoisotopic (exact) mass is 545 g/mol. The first-order chi connectivity index (χ1) is 17.7. The average molecular weight is 546 g/mol. The van der Waals surface area contributed by atoms with E-state index in [-0.39, 0.29) is 30.6 Å². The van der Waals surface area contributed by atoms with E-state index >= 15 is 0 Å². The molecule has 4 rings (SSSR count). The van der Waals surface area contributed by atoms with Crippen LogP contribution < -0.4 is 9.46 Å². The Bertz CT molecular complexity index is 1350. The molecule has 1 fully saturated rings. The molecule has 2 aromatic carbocycles. The van der Waals surface area contributed by atoms with Crippen molar-refractivity contribution >= 4 is 33.8 Å². The molecule has 1 saturated heterocycles. The molecule has 38 heavy (non-hydrogen) atoms. The van der Waals surface area contributed by atoms with E-state index in [2.05, 4.69) is 4.72 Å². The summed E-state index contributed by atoms with van der Waals surface area (Å²) in [6.45, 7) is 6.39. The number of fused-ring (bicyclic) bond motifs is 1. The quantitative estimate of drug-likeness (QED) is 0.559. The van der Waals surface area contributed by atoms with Gasteiger partial charge in [-0.3, -0.25) is 9.52 Å². The number of anilines is 1. The Morgan fingerprint density at radius 3 is 2.39 bits per heavy atom. The molecular weight excluding hydrogens is 514 g/mol. The van der Waals surface area contributed by atoms with Gasteiger partial charge in [-0.25, -0.2) is 22.9 Å². The van der Waals surface area contributed by atoms with E-state index in [0.29, 0.717) is 30.1 Å². The van der Waals surface area contributed by atoms with Crippen molar-refractivity contribution in [3.63, 3.8) is 0 Å². The van der Waals surface area contributed by atoms with Gasteiger partial charge in [-0.05, 0) is 56.2 Å². The van der Waals surface area contributed by atoms with Gasteiger partial charge >= 0.3 is 12.2 Å². The van der Waals surface area contributed by atoms with Crippen molar-refractivity contribution in [2.75, 3.05) is 30.7 Å². The Balaban J connectivity index is 1.52. The second-order valence-corrected chi connectivity index (χ2v) is 12.3. The van der Waals surface area contributed by atoms with Crippen LogP contribution in [0.25, 0.3) is 0 Å². The maximum Gasteiger partial charge on any atom is 0.414 e. The summed E-state index contributed by atoms with van der Waals surface area (Å²) in [4.78, 5) is 38.9. The Kier molecular flexibility index (Phi) is 7.29. The molecule has 0 saturated carbocycles. The number of likely N-dealkylation sites (tertiary alicyclic amines) is 1. The molecular formula is C26H31N3O8S. The van der Waals surface area contributed by atoms with Gasteiger partial charge in [-0.1, -0.05) is 18.2 Å². The number of benzene rings is 2. The highest BCUT2D eigenvalue weighted by atomic mass is 32.2. The topological polar surface area (TPSA) is 143 Å². The smallest absolute Gasteiger partial charge is 0.414 e. The number of nitrogens with one attached hydrogen (secondary N) is 1. The van der Waals surface area contributed by atoms with Gasteiger partial charge in [0.15, 0.2) is 0 Å². The molecule has 0 aliphatic carbocycles. The van der Waals surface area contributed by atoms with E-state index in [1.165, 1.54) is 0 Å². The summed E-state index contributed by atoms with van der Waals surface area (Å²) in [5, 5.41) is 9.22.